The van der Waals surface area contributed by atoms with Crippen LogP contribution in [0.5, 0.6) is 0 Å². The lowest BCUT2D eigenvalue weighted by Crippen LogP contribution is -2.49. The van der Waals surface area contributed by atoms with Crippen LogP contribution in [0.15, 0.2) is 4.99 Å². The van der Waals surface area contributed by atoms with E-state index in [4.69, 9.17) is 4.74 Å². The Bertz CT molecular complexity index is 451. The number of amides is 1. The molecule has 1 fully saturated rings. The lowest BCUT2D eigenvalue weighted by Gasteiger charge is -2.28. The minimum Gasteiger partial charge on any atom is -0.444 e. The van der Waals surface area contributed by atoms with Crippen LogP contribution >= 0.6 is 0 Å². The number of rotatable bonds is 7. The number of hydrogen-bond donors (Lipinski definition) is 3. The number of carbonyl (C=O) groups is 1. The highest BCUT2D eigenvalue weighted by Crippen LogP contribution is 2.10. The largest absolute Gasteiger partial charge is 0.444 e. The number of nitrogens with one attached hydrogen (secondary N) is 3. The highest BCUT2D eigenvalue weighted by atomic mass is 16.6. The van der Waals surface area contributed by atoms with Crippen molar-refractivity contribution in [3.05, 3.63) is 0 Å². The standard InChI is InChI=1S/C19H39N5O2/c1-7-20-16(21-11-14-24-12-9-8-10-13-24)22-15-19(5,6)23-17(25)26-18(2,3)4/h7-15H2,1-6H3,(H,23,25)(H2,20,21,22). The van der Waals surface area contributed by atoms with Crippen LogP contribution in [0.1, 0.15) is 60.8 Å². The molecule has 1 heterocycles. The molecule has 0 aromatic rings. The monoisotopic (exact) mass is 369 g/mol. The Morgan fingerprint density at radius 2 is 1.73 bits per heavy atom. The van der Waals surface area contributed by atoms with Crippen LogP contribution in [0.4, 0.5) is 4.79 Å². The molecule has 3 N–H and O–H groups in total. The minimum absolute atomic E-state index is 0.416. The number of aliphatic imine (C=N–C) groups is 1. The van der Waals surface area contributed by atoms with Crippen molar-refractivity contribution in [2.75, 3.05) is 39.3 Å². The number of carbonyl (C=O) groups excluding carboxylic acids is 1. The van der Waals surface area contributed by atoms with Gasteiger partial charge in [0.05, 0.1) is 12.1 Å². The lowest BCUT2D eigenvalue weighted by atomic mass is 10.1. The highest BCUT2D eigenvalue weighted by molar-refractivity contribution is 5.79. The molecule has 0 aromatic carbocycles. The van der Waals surface area contributed by atoms with Crippen LogP contribution in [0, 0.1) is 0 Å². The van der Waals surface area contributed by atoms with Crippen LogP contribution in [0.2, 0.25) is 0 Å². The SMILES string of the molecule is CCNC(=NCC(C)(C)NC(=O)OC(C)(C)C)NCCN1CCCCC1. The number of nitrogens with zero attached hydrogens (tertiary/aromatic N) is 2. The van der Waals surface area contributed by atoms with Crippen molar-refractivity contribution in [2.45, 2.75) is 71.9 Å². The summed E-state index contributed by atoms with van der Waals surface area (Å²) in [6.45, 7) is 17.1. The molecule has 0 unspecified atom stereocenters. The van der Waals surface area contributed by atoms with Crippen molar-refractivity contribution in [3.8, 4) is 0 Å². The fraction of sp³-hybridized carbons (Fsp3) is 0.895. The third-order valence-corrected chi connectivity index (χ3v) is 3.99. The van der Waals surface area contributed by atoms with Crippen molar-refractivity contribution < 1.29 is 9.53 Å². The molecule has 0 atom stereocenters. The summed E-state index contributed by atoms with van der Waals surface area (Å²) in [5.41, 5.74) is -0.994. The Kier molecular flexibility index (Phi) is 9.19. The van der Waals surface area contributed by atoms with Crippen LogP contribution in [0.3, 0.4) is 0 Å². The van der Waals surface area contributed by atoms with Crippen LogP contribution in [-0.2, 0) is 4.74 Å². The molecule has 7 heteroatoms. The van der Waals surface area contributed by atoms with Gasteiger partial charge in [-0.25, -0.2) is 4.79 Å². The quantitative estimate of drug-likeness (QED) is 0.474. The predicted octanol–water partition coefficient (Wildman–Crippen LogP) is 2.33. The maximum absolute atomic E-state index is 12.0. The van der Waals surface area contributed by atoms with E-state index in [2.05, 4.69) is 25.8 Å². The summed E-state index contributed by atoms with van der Waals surface area (Å²) in [7, 11) is 0. The van der Waals surface area contributed by atoms with Gasteiger partial charge in [0.15, 0.2) is 5.96 Å². The van der Waals surface area contributed by atoms with Gasteiger partial charge in [0.25, 0.3) is 0 Å². The van der Waals surface area contributed by atoms with Crippen molar-refractivity contribution in [1.82, 2.24) is 20.9 Å². The number of ether oxygens (including phenoxy) is 1. The third kappa shape index (κ3) is 10.5. The van der Waals surface area contributed by atoms with Gasteiger partial charge >= 0.3 is 6.09 Å². The summed E-state index contributed by atoms with van der Waals surface area (Å²) in [6, 6.07) is 0. The Hall–Kier alpha value is -1.50. The zero-order valence-corrected chi connectivity index (χ0v) is 17.6. The second-order valence-corrected chi connectivity index (χ2v) is 8.54. The molecule has 1 rings (SSSR count). The molecule has 1 aliphatic heterocycles. The lowest BCUT2D eigenvalue weighted by molar-refractivity contribution is 0.0476. The van der Waals surface area contributed by atoms with E-state index in [1.165, 1.54) is 32.4 Å². The van der Waals surface area contributed by atoms with E-state index in [1.807, 2.05) is 41.5 Å². The molecule has 1 aliphatic rings. The van der Waals surface area contributed by atoms with Gasteiger partial charge in [0.2, 0.25) is 0 Å². The first kappa shape index (κ1) is 22.5. The number of piperidine rings is 1. The van der Waals surface area contributed by atoms with Gasteiger partial charge in [0, 0.05) is 19.6 Å². The molecule has 0 spiro atoms. The number of alkyl carbamates (subject to hydrolysis) is 1. The van der Waals surface area contributed by atoms with Crippen LogP contribution in [0.25, 0.3) is 0 Å². The molecule has 0 aliphatic carbocycles. The number of hydrogen-bond acceptors (Lipinski definition) is 4. The fourth-order valence-corrected chi connectivity index (χ4v) is 2.75. The van der Waals surface area contributed by atoms with E-state index in [0.717, 1.165) is 25.6 Å². The van der Waals surface area contributed by atoms with E-state index < -0.39 is 17.2 Å². The first-order valence-electron chi connectivity index (χ1n) is 9.87. The van der Waals surface area contributed by atoms with Gasteiger partial charge in [-0.3, -0.25) is 4.99 Å². The van der Waals surface area contributed by atoms with Gasteiger partial charge in [-0.1, -0.05) is 6.42 Å². The summed E-state index contributed by atoms with van der Waals surface area (Å²) < 4.78 is 5.32. The molecule has 0 bridgehead atoms. The first-order valence-corrected chi connectivity index (χ1v) is 9.87. The summed E-state index contributed by atoms with van der Waals surface area (Å²) in [5.74, 6) is 0.781. The first-order chi connectivity index (χ1) is 12.1. The van der Waals surface area contributed by atoms with E-state index in [0.29, 0.717) is 6.54 Å². The van der Waals surface area contributed by atoms with E-state index >= 15 is 0 Å². The van der Waals surface area contributed by atoms with Gasteiger partial charge < -0.3 is 25.6 Å². The van der Waals surface area contributed by atoms with Crippen LogP contribution < -0.4 is 16.0 Å². The Balaban J connectivity index is 2.45. The van der Waals surface area contributed by atoms with E-state index in [1.54, 1.807) is 0 Å². The second kappa shape index (κ2) is 10.6. The molecule has 1 saturated heterocycles. The minimum atomic E-state index is -0.506. The Morgan fingerprint density at radius 3 is 2.31 bits per heavy atom. The highest BCUT2D eigenvalue weighted by Gasteiger charge is 2.24. The molecular formula is C19H39N5O2. The van der Waals surface area contributed by atoms with Crippen molar-refractivity contribution in [1.29, 1.82) is 0 Å². The van der Waals surface area contributed by atoms with Gasteiger partial charge in [-0.15, -0.1) is 0 Å². The molecule has 152 valence electrons. The van der Waals surface area contributed by atoms with Crippen molar-refractivity contribution in [2.24, 2.45) is 4.99 Å². The topological polar surface area (TPSA) is 78.0 Å². The third-order valence-electron chi connectivity index (χ3n) is 3.99. The summed E-state index contributed by atoms with van der Waals surface area (Å²) in [5, 5.41) is 9.53. The predicted molar refractivity (Wildman–Crippen MR) is 108 cm³/mol. The zero-order chi connectivity index (χ0) is 19.6. The molecule has 26 heavy (non-hydrogen) atoms. The fourth-order valence-electron chi connectivity index (χ4n) is 2.75. The Labute approximate surface area is 159 Å². The molecular weight excluding hydrogens is 330 g/mol. The molecule has 0 aromatic heterocycles. The Morgan fingerprint density at radius 1 is 1.08 bits per heavy atom. The normalized spacial score (nSPS) is 16.9. The summed E-state index contributed by atoms with van der Waals surface area (Å²) in [4.78, 5) is 19.1. The van der Waals surface area contributed by atoms with Gasteiger partial charge in [0.1, 0.15) is 5.60 Å². The van der Waals surface area contributed by atoms with Crippen molar-refractivity contribution in [3.63, 3.8) is 0 Å². The smallest absolute Gasteiger partial charge is 0.408 e. The maximum atomic E-state index is 12.0. The van der Waals surface area contributed by atoms with Crippen molar-refractivity contribution >= 4 is 12.1 Å². The zero-order valence-electron chi connectivity index (χ0n) is 17.6. The summed E-state index contributed by atoms with van der Waals surface area (Å²) in [6.07, 6.45) is 3.55. The van der Waals surface area contributed by atoms with E-state index in [9.17, 15) is 4.79 Å². The van der Waals surface area contributed by atoms with E-state index in [-0.39, 0.29) is 0 Å². The molecule has 0 saturated carbocycles. The average molecular weight is 370 g/mol. The summed E-state index contributed by atoms with van der Waals surface area (Å²) >= 11 is 0. The number of guanidine groups is 1. The molecule has 0 radical (unpaired) electrons. The molecule has 1 amide bonds. The number of likely N-dealkylation sites (tertiary alicyclic amines) is 1. The van der Waals surface area contributed by atoms with Gasteiger partial charge in [-0.2, -0.15) is 0 Å². The van der Waals surface area contributed by atoms with Gasteiger partial charge in [-0.05, 0) is 67.5 Å². The van der Waals surface area contributed by atoms with Crippen LogP contribution in [-0.4, -0.2) is 67.4 Å². The maximum Gasteiger partial charge on any atom is 0.408 e. The second-order valence-electron chi connectivity index (χ2n) is 8.54. The average Bonchev–Trinajstić information content (AvgIpc) is 2.51. The molecule has 7 nitrogen and oxygen atoms in total.